The number of anilines is 1. The van der Waals surface area contributed by atoms with E-state index >= 15 is 0 Å². The molecule has 0 spiro atoms. The van der Waals surface area contributed by atoms with Crippen molar-refractivity contribution in [2.45, 2.75) is 32.1 Å². The van der Waals surface area contributed by atoms with E-state index in [2.05, 4.69) is 15.3 Å². The maximum Gasteiger partial charge on any atom is 0.267 e. The lowest BCUT2D eigenvalue weighted by atomic mass is 10.0. The fraction of sp³-hybridized carbons (Fsp3) is 0.429. The van der Waals surface area contributed by atoms with Crippen LogP contribution in [0.15, 0.2) is 40.8 Å². The van der Waals surface area contributed by atoms with Gasteiger partial charge in [0.2, 0.25) is 11.8 Å². The van der Waals surface area contributed by atoms with Gasteiger partial charge in [-0.25, -0.2) is 4.99 Å². The number of likely N-dealkylation sites (N-methyl/N-ethyl adjacent to an activating group) is 1. The van der Waals surface area contributed by atoms with Gasteiger partial charge in [-0.05, 0) is 31.7 Å². The maximum absolute atomic E-state index is 13.4. The molecule has 3 heterocycles. The van der Waals surface area contributed by atoms with Gasteiger partial charge in [0.15, 0.2) is 11.4 Å². The topological polar surface area (TPSA) is 168 Å². The zero-order chi connectivity index (χ0) is 28.8. The summed E-state index contributed by atoms with van der Waals surface area (Å²) in [6, 6.07) is 7.07. The van der Waals surface area contributed by atoms with Gasteiger partial charge in [0.05, 0.1) is 29.2 Å². The average molecular weight is 547 g/mol. The minimum Gasteiger partial charge on any atom is -0.366 e. The molecular weight excluding hydrogens is 512 g/mol. The predicted octanol–water partition coefficient (Wildman–Crippen LogP) is 1.82. The van der Waals surface area contributed by atoms with Crippen LogP contribution in [-0.4, -0.2) is 89.8 Å². The van der Waals surface area contributed by atoms with Gasteiger partial charge in [-0.1, -0.05) is 18.6 Å². The van der Waals surface area contributed by atoms with Crippen LogP contribution in [0.25, 0.3) is 10.9 Å². The summed E-state index contributed by atoms with van der Waals surface area (Å²) >= 11 is 0. The normalized spacial score (nSPS) is 18.4. The molecule has 1 aromatic carbocycles. The van der Waals surface area contributed by atoms with E-state index in [0.29, 0.717) is 35.1 Å². The summed E-state index contributed by atoms with van der Waals surface area (Å²) in [6.07, 6.45) is 6.96. The molecule has 1 unspecified atom stereocenters. The first-order valence-corrected chi connectivity index (χ1v) is 13.3. The number of H-pyrrole nitrogens is 1. The molecule has 4 N–H and O–H groups in total. The molecule has 2 fully saturated rings. The smallest absolute Gasteiger partial charge is 0.267 e. The van der Waals surface area contributed by atoms with Crippen LogP contribution in [0.3, 0.4) is 0 Å². The Balaban J connectivity index is 1.65. The van der Waals surface area contributed by atoms with Crippen LogP contribution >= 0.6 is 0 Å². The van der Waals surface area contributed by atoms with Crippen LogP contribution in [0.2, 0.25) is 0 Å². The fourth-order valence-corrected chi connectivity index (χ4v) is 5.00. The van der Waals surface area contributed by atoms with Crippen molar-refractivity contribution in [3.8, 4) is 6.07 Å². The van der Waals surface area contributed by atoms with Gasteiger partial charge in [-0.3, -0.25) is 19.2 Å². The number of fused-ring (bicyclic) bond motifs is 1. The van der Waals surface area contributed by atoms with Crippen LogP contribution in [0.4, 0.5) is 5.69 Å². The van der Waals surface area contributed by atoms with Crippen molar-refractivity contribution in [3.05, 3.63) is 41.4 Å². The summed E-state index contributed by atoms with van der Waals surface area (Å²) in [5.74, 6) is -2.09. The predicted molar refractivity (Wildman–Crippen MR) is 150 cm³/mol. The van der Waals surface area contributed by atoms with E-state index in [9.17, 15) is 24.4 Å². The van der Waals surface area contributed by atoms with Gasteiger partial charge in [0.25, 0.3) is 11.8 Å². The second-order valence-corrected chi connectivity index (χ2v) is 10.2. The summed E-state index contributed by atoms with van der Waals surface area (Å²) in [5, 5.41) is 13.5. The third-order valence-corrected chi connectivity index (χ3v) is 7.19. The van der Waals surface area contributed by atoms with Crippen molar-refractivity contribution in [3.63, 3.8) is 0 Å². The fourth-order valence-electron chi connectivity index (χ4n) is 5.00. The number of nitrogens with zero attached hydrogens (tertiary/aromatic N) is 5. The summed E-state index contributed by atoms with van der Waals surface area (Å²) in [6.45, 7) is 1.96. The van der Waals surface area contributed by atoms with Gasteiger partial charge >= 0.3 is 0 Å². The number of para-hydroxylation sites is 1. The summed E-state index contributed by atoms with van der Waals surface area (Å²) < 4.78 is 0. The van der Waals surface area contributed by atoms with E-state index in [4.69, 9.17) is 5.73 Å². The van der Waals surface area contributed by atoms with Crippen molar-refractivity contribution >= 4 is 46.4 Å². The second kappa shape index (κ2) is 12.5. The highest BCUT2D eigenvalue weighted by molar-refractivity contribution is 6.09. The van der Waals surface area contributed by atoms with Crippen LogP contribution in [0.5, 0.6) is 0 Å². The number of benzene rings is 1. The minimum absolute atomic E-state index is 0.0314. The average Bonchev–Trinajstić information content (AvgIpc) is 3.59. The lowest BCUT2D eigenvalue weighted by molar-refractivity contribution is -0.140. The highest BCUT2D eigenvalue weighted by Crippen LogP contribution is 2.27. The lowest BCUT2D eigenvalue weighted by Gasteiger charge is -2.25. The molecule has 210 valence electrons. The lowest BCUT2D eigenvalue weighted by Crippen LogP contribution is -2.43. The Hall–Kier alpha value is -4.66. The van der Waals surface area contributed by atoms with Crippen molar-refractivity contribution in [1.82, 2.24) is 19.7 Å². The third kappa shape index (κ3) is 6.14. The van der Waals surface area contributed by atoms with Crippen molar-refractivity contribution in [2.75, 3.05) is 45.6 Å². The number of carbonyl (C=O) groups excluding carboxylic acids is 4. The Morgan fingerprint density at radius 1 is 1.20 bits per heavy atom. The first kappa shape index (κ1) is 28.4. The standard InChI is InChI=1S/C28H34N8O4/c1-34(2)28(40)20(14-29)26(33-22-10-7-9-19-21(25(30)38)16-31-24(19)22)32-15-18-8-3-4-13-36(27(18)39)17-23(37)35-11-5-6-12-35/h7,9-10,15-16,18,31,33H,3-6,8,11-13,17H2,1-2H3,(H2,30,38)/b26-20+,32-15-. The van der Waals surface area contributed by atoms with Gasteiger partial charge in [0.1, 0.15) is 6.07 Å². The quantitative estimate of drug-likeness (QED) is 0.259. The van der Waals surface area contributed by atoms with E-state index in [1.807, 2.05) is 6.07 Å². The van der Waals surface area contributed by atoms with E-state index in [1.54, 1.807) is 28.0 Å². The van der Waals surface area contributed by atoms with Crippen LogP contribution in [0.1, 0.15) is 42.5 Å². The zero-order valence-corrected chi connectivity index (χ0v) is 22.8. The molecule has 0 saturated carbocycles. The molecule has 0 bridgehead atoms. The van der Waals surface area contributed by atoms with E-state index < -0.39 is 17.7 Å². The van der Waals surface area contributed by atoms with E-state index in [-0.39, 0.29) is 29.8 Å². The Labute approximate surface area is 232 Å². The highest BCUT2D eigenvalue weighted by Gasteiger charge is 2.29. The van der Waals surface area contributed by atoms with Crippen LogP contribution in [-0.2, 0) is 14.4 Å². The molecular formula is C28H34N8O4. The number of rotatable bonds is 8. The third-order valence-electron chi connectivity index (χ3n) is 7.19. The van der Waals surface area contributed by atoms with Crippen molar-refractivity contribution in [2.24, 2.45) is 16.6 Å². The van der Waals surface area contributed by atoms with E-state index in [1.165, 1.54) is 31.4 Å². The van der Waals surface area contributed by atoms with Gasteiger partial charge in [0, 0.05) is 51.5 Å². The number of aromatic nitrogens is 1. The molecule has 2 aromatic rings. The zero-order valence-electron chi connectivity index (χ0n) is 22.8. The number of aromatic amines is 1. The molecule has 12 heteroatoms. The van der Waals surface area contributed by atoms with E-state index in [0.717, 1.165) is 38.8 Å². The molecule has 2 saturated heterocycles. The molecule has 2 aliphatic heterocycles. The van der Waals surface area contributed by atoms with Gasteiger partial charge in [-0.2, -0.15) is 5.26 Å². The minimum atomic E-state index is -0.622. The molecule has 1 aromatic heterocycles. The Kier molecular flexibility index (Phi) is 8.83. The molecule has 0 radical (unpaired) electrons. The van der Waals surface area contributed by atoms with Crippen LogP contribution < -0.4 is 11.1 Å². The summed E-state index contributed by atoms with van der Waals surface area (Å²) in [5.41, 5.74) is 6.53. The number of carbonyl (C=O) groups is 4. The van der Waals surface area contributed by atoms with Gasteiger partial charge in [-0.15, -0.1) is 0 Å². The first-order chi connectivity index (χ1) is 19.2. The van der Waals surface area contributed by atoms with Crippen molar-refractivity contribution < 1.29 is 19.2 Å². The number of hydrogen-bond donors (Lipinski definition) is 3. The van der Waals surface area contributed by atoms with Gasteiger partial charge < -0.3 is 30.7 Å². The number of nitrogens with two attached hydrogens (primary N) is 1. The maximum atomic E-state index is 13.4. The molecule has 1 atom stereocenters. The molecule has 4 amide bonds. The van der Waals surface area contributed by atoms with Crippen LogP contribution in [0, 0.1) is 17.2 Å². The SMILES string of the molecule is CN(C)C(=O)/C(C#N)=C(\N=C/C1CCCCN(CC(=O)N2CCCC2)C1=O)Nc1cccc2c(C(N)=O)c[nH]c12. The molecule has 0 aliphatic carbocycles. The molecule has 40 heavy (non-hydrogen) atoms. The Morgan fingerprint density at radius 3 is 2.60 bits per heavy atom. The number of likely N-dealkylation sites (tertiary alicyclic amines) is 2. The Bertz CT molecular complexity index is 1410. The number of nitriles is 1. The summed E-state index contributed by atoms with van der Waals surface area (Å²) in [7, 11) is 3.05. The second-order valence-electron chi connectivity index (χ2n) is 10.2. The Morgan fingerprint density at radius 2 is 1.93 bits per heavy atom. The number of hydrogen-bond acceptors (Lipinski definition) is 7. The number of aliphatic imine (C=N–C) groups is 1. The summed E-state index contributed by atoms with van der Waals surface area (Å²) in [4.78, 5) is 63.0. The molecule has 12 nitrogen and oxygen atoms in total. The highest BCUT2D eigenvalue weighted by atomic mass is 16.2. The molecule has 2 aliphatic rings. The van der Waals surface area contributed by atoms with Crippen molar-refractivity contribution in [1.29, 1.82) is 5.26 Å². The number of nitrogens with one attached hydrogen (secondary N) is 2. The monoisotopic (exact) mass is 546 g/mol. The molecule has 4 rings (SSSR count). The number of amides is 4. The number of primary amides is 1. The largest absolute Gasteiger partial charge is 0.366 e. The first-order valence-electron chi connectivity index (χ1n) is 13.3.